The first-order valence-electron chi connectivity index (χ1n) is 8.59. The van der Waals surface area contributed by atoms with E-state index in [1.54, 1.807) is 0 Å². The number of hydrogen-bond donors (Lipinski definition) is 2. The predicted octanol–water partition coefficient (Wildman–Crippen LogP) is 1.81. The first kappa shape index (κ1) is 15.9. The molecule has 1 heterocycles. The van der Waals surface area contributed by atoms with E-state index in [1.807, 2.05) is 0 Å². The summed E-state index contributed by atoms with van der Waals surface area (Å²) in [7, 11) is 0. The number of aliphatic hydroxyl groups excluding tert-OH is 1. The lowest BCUT2D eigenvalue weighted by Crippen LogP contribution is -2.45. The Balaban J connectivity index is 1.50. The minimum atomic E-state index is -0.315. The molecule has 22 heavy (non-hydrogen) atoms. The maximum Gasteiger partial charge on any atom is 0.0791 e. The number of nitrogens with zero attached hydrogens (tertiary/aromatic N) is 1. The van der Waals surface area contributed by atoms with E-state index in [4.69, 9.17) is 4.74 Å². The van der Waals surface area contributed by atoms with Crippen LogP contribution in [-0.2, 0) is 4.74 Å². The molecule has 1 aromatic carbocycles. The molecule has 4 nitrogen and oxygen atoms in total. The van der Waals surface area contributed by atoms with E-state index in [0.717, 1.165) is 38.8 Å². The molecular formula is C18H28N2O2. The number of morpholine rings is 1. The topological polar surface area (TPSA) is 44.7 Å². The Morgan fingerprint density at radius 2 is 1.91 bits per heavy atom. The molecule has 4 heteroatoms. The van der Waals surface area contributed by atoms with E-state index >= 15 is 0 Å². The van der Waals surface area contributed by atoms with Crippen molar-refractivity contribution in [3.05, 3.63) is 35.9 Å². The third-order valence-electron chi connectivity index (χ3n) is 4.93. The summed E-state index contributed by atoms with van der Waals surface area (Å²) in [6.45, 7) is 4.84. The minimum absolute atomic E-state index is 0.315. The highest BCUT2D eigenvalue weighted by atomic mass is 16.5. The summed E-state index contributed by atoms with van der Waals surface area (Å²) >= 11 is 0. The summed E-state index contributed by atoms with van der Waals surface area (Å²) in [5.41, 5.74) is 1.35. The Bertz CT molecular complexity index is 430. The fourth-order valence-corrected chi connectivity index (χ4v) is 3.40. The second-order valence-electron chi connectivity index (χ2n) is 6.55. The van der Waals surface area contributed by atoms with E-state index in [1.165, 1.54) is 24.8 Å². The molecule has 2 fully saturated rings. The summed E-state index contributed by atoms with van der Waals surface area (Å²) in [6, 6.07) is 11.1. The standard InChI is InChI=1S/C18H28N2O2/c21-17(14-20-9-11-22-12-10-20)13-19-18(16-7-4-8-16)15-5-2-1-3-6-15/h1-3,5-6,16-19,21H,4,7-14H2. The van der Waals surface area contributed by atoms with Gasteiger partial charge >= 0.3 is 0 Å². The summed E-state index contributed by atoms with van der Waals surface area (Å²) in [5.74, 6) is 0.720. The van der Waals surface area contributed by atoms with E-state index in [-0.39, 0.29) is 6.10 Å². The van der Waals surface area contributed by atoms with E-state index in [0.29, 0.717) is 12.6 Å². The quantitative estimate of drug-likeness (QED) is 0.806. The molecule has 1 saturated carbocycles. The zero-order chi connectivity index (χ0) is 15.2. The Kier molecular flexibility index (Phi) is 5.84. The Hall–Kier alpha value is -0.940. The average molecular weight is 304 g/mol. The number of aliphatic hydroxyl groups is 1. The molecule has 1 saturated heterocycles. The first-order chi connectivity index (χ1) is 10.8. The van der Waals surface area contributed by atoms with Crippen molar-refractivity contribution >= 4 is 0 Å². The van der Waals surface area contributed by atoms with Crippen LogP contribution in [0, 0.1) is 5.92 Å². The van der Waals surface area contributed by atoms with Gasteiger partial charge in [-0.05, 0) is 24.3 Å². The largest absolute Gasteiger partial charge is 0.390 e. The molecule has 2 atom stereocenters. The second-order valence-corrected chi connectivity index (χ2v) is 6.55. The van der Waals surface area contributed by atoms with Crippen molar-refractivity contribution in [2.45, 2.75) is 31.4 Å². The number of rotatable bonds is 7. The van der Waals surface area contributed by atoms with Crippen LogP contribution in [0.5, 0.6) is 0 Å². The molecule has 1 aliphatic carbocycles. The van der Waals surface area contributed by atoms with Gasteiger partial charge in [0.05, 0.1) is 19.3 Å². The fourth-order valence-electron chi connectivity index (χ4n) is 3.40. The van der Waals surface area contributed by atoms with Crippen LogP contribution in [0.2, 0.25) is 0 Å². The maximum absolute atomic E-state index is 10.3. The van der Waals surface area contributed by atoms with Crippen LogP contribution in [0.3, 0.4) is 0 Å². The zero-order valence-electron chi connectivity index (χ0n) is 13.3. The van der Waals surface area contributed by atoms with Crippen LogP contribution in [0.15, 0.2) is 30.3 Å². The van der Waals surface area contributed by atoms with Crippen molar-refractivity contribution in [1.82, 2.24) is 10.2 Å². The number of hydrogen-bond acceptors (Lipinski definition) is 4. The van der Waals surface area contributed by atoms with Crippen molar-refractivity contribution in [3.8, 4) is 0 Å². The lowest BCUT2D eigenvalue weighted by molar-refractivity contribution is 0.0137. The molecule has 0 amide bonds. The number of β-amino-alcohol motifs (C(OH)–C–C–N with tert-alkyl or cyclic N) is 1. The average Bonchev–Trinajstić information content (AvgIpc) is 2.51. The van der Waals surface area contributed by atoms with E-state index in [9.17, 15) is 5.11 Å². The van der Waals surface area contributed by atoms with Crippen LogP contribution in [0.1, 0.15) is 30.9 Å². The molecule has 2 unspecified atom stereocenters. The zero-order valence-corrected chi connectivity index (χ0v) is 13.3. The van der Waals surface area contributed by atoms with E-state index < -0.39 is 0 Å². The van der Waals surface area contributed by atoms with Gasteiger partial charge in [0.1, 0.15) is 0 Å². The van der Waals surface area contributed by atoms with Crippen LogP contribution in [0.25, 0.3) is 0 Å². The van der Waals surface area contributed by atoms with Crippen molar-refractivity contribution in [3.63, 3.8) is 0 Å². The van der Waals surface area contributed by atoms with Gasteiger partial charge in [-0.3, -0.25) is 4.90 Å². The highest BCUT2D eigenvalue weighted by Crippen LogP contribution is 2.37. The molecule has 2 N–H and O–H groups in total. The maximum atomic E-state index is 10.3. The normalized spacial score (nSPS) is 23.0. The van der Waals surface area contributed by atoms with Gasteiger partial charge in [0.2, 0.25) is 0 Å². The van der Waals surface area contributed by atoms with Crippen LogP contribution in [-0.4, -0.2) is 55.5 Å². The molecule has 122 valence electrons. The van der Waals surface area contributed by atoms with Crippen molar-refractivity contribution in [1.29, 1.82) is 0 Å². The van der Waals surface area contributed by atoms with E-state index in [2.05, 4.69) is 40.5 Å². The molecule has 2 aliphatic rings. The van der Waals surface area contributed by atoms with Gasteiger partial charge in [-0.25, -0.2) is 0 Å². The molecule has 0 aromatic heterocycles. The summed E-state index contributed by atoms with van der Waals surface area (Å²) in [5, 5.41) is 13.9. The SMILES string of the molecule is OC(CNC(c1ccccc1)C1CCC1)CN1CCOCC1. The minimum Gasteiger partial charge on any atom is -0.390 e. The predicted molar refractivity (Wildman–Crippen MR) is 87.8 cm³/mol. The number of nitrogens with one attached hydrogen (secondary N) is 1. The molecule has 0 bridgehead atoms. The van der Waals surface area contributed by atoms with Crippen molar-refractivity contribution < 1.29 is 9.84 Å². The van der Waals surface area contributed by atoms with Gasteiger partial charge in [0.25, 0.3) is 0 Å². The highest BCUT2D eigenvalue weighted by molar-refractivity contribution is 5.20. The Labute approximate surface area is 133 Å². The Morgan fingerprint density at radius 1 is 1.18 bits per heavy atom. The van der Waals surface area contributed by atoms with Crippen LogP contribution < -0.4 is 5.32 Å². The summed E-state index contributed by atoms with van der Waals surface area (Å²) in [4.78, 5) is 2.29. The molecule has 0 radical (unpaired) electrons. The smallest absolute Gasteiger partial charge is 0.0791 e. The lowest BCUT2D eigenvalue weighted by Gasteiger charge is -2.36. The molecule has 3 rings (SSSR count). The van der Waals surface area contributed by atoms with Crippen LogP contribution in [0.4, 0.5) is 0 Å². The van der Waals surface area contributed by atoms with Crippen molar-refractivity contribution in [2.24, 2.45) is 5.92 Å². The monoisotopic (exact) mass is 304 g/mol. The van der Waals surface area contributed by atoms with Gasteiger partial charge in [0.15, 0.2) is 0 Å². The summed E-state index contributed by atoms with van der Waals surface area (Å²) < 4.78 is 5.35. The van der Waals surface area contributed by atoms with Gasteiger partial charge in [-0.1, -0.05) is 36.8 Å². The van der Waals surface area contributed by atoms with Gasteiger partial charge in [-0.2, -0.15) is 0 Å². The third kappa shape index (κ3) is 4.29. The molecule has 1 aromatic rings. The third-order valence-corrected chi connectivity index (χ3v) is 4.93. The van der Waals surface area contributed by atoms with Gasteiger partial charge in [0, 0.05) is 32.2 Å². The lowest BCUT2D eigenvalue weighted by atomic mass is 9.77. The van der Waals surface area contributed by atoms with Gasteiger partial charge < -0.3 is 15.2 Å². The van der Waals surface area contributed by atoms with Crippen LogP contribution >= 0.6 is 0 Å². The Morgan fingerprint density at radius 3 is 2.55 bits per heavy atom. The highest BCUT2D eigenvalue weighted by Gasteiger charge is 2.28. The van der Waals surface area contributed by atoms with Gasteiger partial charge in [-0.15, -0.1) is 0 Å². The molecule has 0 spiro atoms. The summed E-state index contributed by atoms with van der Waals surface area (Å²) in [6.07, 6.45) is 3.62. The fraction of sp³-hybridized carbons (Fsp3) is 0.667. The number of ether oxygens (including phenoxy) is 1. The number of benzene rings is 1. The van der Waals surface area contributed by atoms with Crippen molar-refractivity contribution in [2.75, 3.05) is 39.4 Å². The first-order valence-corrected chi connectivity index (χ1v) is 8.59. The second kappa shape index (κ2) is 8.06. The molecule has 1 aliphatic heterocycles. The molecular weight excluding hydrogens is 276 g/mol.